The first kappa shape index (κ1) is 13.3. The normalized spacial score (nSPS) is 11.1. The van der Waals surface area contributed by atoms with Crippen LogP contribution in [-0.2, 0) is 6.54 Å². The third-order valence-corrected chi connectivity index (χ3v) is 4.54. The number of methoxy groups -OCH3 is 1. The predicted molar refractivity (Wildman–Crippen MR) is 86.7 cm³/mol. The van der Waals surface area contributed by atoms with E-state index in [9.17, 15) is 0 Å². The van der Waals surface area contributed by atoms with Gasteiger partial charge in [0.1, 0.15) is 5.75 Å². The second kappa shape index (κ2) is 5.71. The SMILES string of the molecule is CCCCn1cc(OC)c2cc(-c3cccs3)ccc21. The summed E-state index contributed by atoms with van der Waals surface area (Å²) in [4.78, 5) is 1.30. The van der Waals surface area contributed by atoms with Gasteiger partial charge in [0.2, 0.25) is 0 Å². The van der Waals surface area contributed by atoms with E-state index in [4.69, 9.17) is 4.74 Å². The monoisotopic (exact) mass is 285 g/mol. The summed E-state index contributed by atoms with van der Waals surface area (Å²) in [5, 5.41) is 3.32. The van der Waals surface area contributed by atoms with Crippen molar-refractivity contribution >= 4 is 22.2 Å². The van der Waals surface area contributed by atoms with Gasteiger partial charge in [0, 0.05) is 23.0 Å². The minimum Gasteiger partial charge on any atom is -0.495 e. The Morgan fingerprint density at radius 3 is 2.85 bits per heavy atom. The fourth-order valence-electron chi connectivity index (χ4n) is 2.54. The van der Waals surface area contributed by atoms with Crippen LogP contribution in [0.3, 0.4) is 0 Å². The van der Waals surface area contributed by atoms with Crippen molar-refractivity contribution in [3.63, 3.8) is 0 Å². The molecule has 2 aromatic heterocycles. The fraction of sp³-hybridized carbons (Fsp3) is 0.294. The van der Waals surface area contributed by atoms with Gasteiger partial charge < -0.3 is 9.30 Å². The van der Waals surface area contributed by atoms with Crippen LogP contribution in [0.1, 0.15) is 19.8 Å². The third-order valence-electron chi connectivity index (χ3n) is 3.62. The summed E-state index contributed by atoms with van der Waals surface area (Å²) in [7, 11) is 1.75. The van der Waals surface area contributed by atoms with Crippen LogP contribution in [0, 0.1) is 0 Å². The van der Waals surface area contributed by atoms with E-state index in [0.717, 1.165) is 12.3 Å². The van der Waals surface area contributed by atoms with Crippen LogP contribution in [0.15, 0.2) is 41.9 Å². The lowest BCUT2D eigenvalue weighted by Crippen LogP contribution is -1.94. The molecule has 0 bridgehead atoms. The molecule has 0 aliphatic rings. The molecule has 0 amide bonds. The van der Waals surface area contributed by atoms with Gasteiger partial charge in [0.05, 0.1) is 12.6 Å². The van der Waals surface area contributed by atoms with E-state index in [0.29, 0.717) is 0 Å². The van der Waals surface area contributed by atoms with Gasteiger partial charge in [-0.15, -0.1) is 11.3 Å². The van der Waals surface area contributed by atoms with E-state index in [-0.39, 0.29) is 0 Å². The van der Waals surface area contributed by atoms with Crippen molar-refractivity contribution in [3.8, 4) is 16.2 Å². The zero-order valence-corrected chi connectivity index (χ0v) is 12.7. The molecular weight excluding hydrogens is 266 g/mol. The molecule has 0 radical (unpaired) electrons. The average Bonchev–Trinajstić information content (AvgIpc) is 3.12. The van der Waals surface area contributed by atoms with Crippen LogP contribution >= 0.6 is 11.3 Å². The Morgan fingerprint density at radius 2 is 2.15 bits per heavy atom. The van der Waals surface area contributed by atoms with Crippen molar-refractivity contribution in [1.29, 1.82) is 0 Å². The largest absolute Gasteiger partial charge is 0.495 e. The lowest BCUT2D eigenvalue weighted by Gasteiger charge is -2.04. The number of benzene rings is 1. The number of unbranched alkanes of at least 4 members (excludes halogenated alkanes) is 1. The van der Waals surface area contributed by atoms with Gasteiger partial charge in [-0.05, 0) is 35.6 Å². The van der Waals surface area contributed by atoms with Crippen LogP contribution < -0.4 is 4.74 Å². The van der Waals surface area contributed by atoms with Gasteiger partial charge in [-0.3, -0.25) is 0 Å². The highest BCUT2D eigenvalue weighted by Crippen LogP contribution is 2.33. The molecule has 0 aliphatic heterocycles. The van der Waals surface area contributed by atoms with Gasteiger partial charge in [0.25, 0.3) is 0 Å². The zero-order chi connectivity index (χ0) is 13.9. The number of aryl methyl sites for hydroxylation is 1. The van der Waals surface area contributed by atoms with Gasteiger partial charge >= 0.3 is 0 Å². The second-order valence-electron chi connectivity index (χ2n) is 4.95. The standard InChI is InChI=1S/C17H19NOS/c1-3-4-9-18-12-16(19-2)14-11-13(7-8-15(14)18)17-6-5-10-20-17/h5-8,10-12H,3-4,9H2,1-2H3. The smallest absolute Gasteiger partial charge is 0.144 e. The molecule has 0 N–H and O–H groups in total. The minimum atomic E-state index is 0.967. The van der Waals surface area contributed by atoms with E-state index >= 15 is 0 Å². The zero-order valence-electron chi connectivity index (χ0n) is 11.9. The number of thiophene rings is 1. The fourth-order valence-corrected chi connectivity index (χ4v) is 3.26. The van der Waals surface area contributed by atoms with Gasteiger partial charge in [-0.25, -0.2) is 0 Å². The molecule has 1 aromatic carbocycles. The van der Waals surface area contributed by atoms with Crippen molar-refractivity contribution in [3.05, 3.63) is 41.9 Å². The molecule has 0 saturated carbocycles. The summed E-state index contributed by atoms with van der Waals surface area (Å²) in [6, 6.07) is 10.9. The highest BCUT2D eigenvalue weighted by Gasteiger charge is 2.10. The van der Waals surface area contributed by atoms with Gasteiger partial charge in [0.15, 0.2) is 0 Å². The predicted octanol–water partition coefficient (Wildman–Crippen LogP) is 5.18. The van der Waals surface area contributed by atoms with Crippen LogP contribution in [0.2, 0.25) is 0 Å². The molecule has 0 fully saturated rings. The molecule has 20 heavy (non-hydrogen) atoms. The summed E-state index contributed by atoms with van der Waals surface area (Å²) >= 11 is 1.77. The summed E-state index contributed by atoms with van der Waals surface area (Å²) in [5.74, 6) is 0.967. The maximum absolute atomic E-state index is 5.54. The molecule has 3 heteroatoms. The molecule has 2 heterocycles. The number of aromatic nitrogens is 1. The highest BCUT2D eigenvalue weighted by atomic mass is 32.1. The van der Waals surface area contributed by atoms with Crippen LogP contribution in [0.5, 0.6) is 5.75 Å². The number of fused-ring (bicyclic) bond motifs is 1. The minimum absolute atomic E-state index is 0.967. The summed E-state index contributed by atoms with van der Waals surface area (Å²) < 4.78 is 7.84. The number of nitrogens with zero attached hydrogens (tertiary/aromatic N) is 1. The molecular formula is C17H19NOS. The highest BCUT2D eigenvalue weighted by molar-refractivity contribution is 7.13. The first-order chi connectivity index (χ1) is 9.83. The molecule has 0 aliphatic carbocycles. The third kappa shape index (κ3) is 2.34. The summed E-state index contributed by atoms with van der Waals surface area (Å²) in [5.41, 5.74) is 2.52. The molecule has 3 aromatic rings. The first-order valence-corrected chi connectivity index (χ1v) is 7.92. The Morgan fingerprint density at radius 1 is 1.25 bits per heavy atom. The number of hydrogen-bond acceptors (Lipinski definition) is 2. The summed E-state index contributed by atoms with van der Waals surface area (Å²) in [6.07, 6.45) is 4.52. The molecule has 0 atom stereocenters. The molecule has 0 unspecified atom stereocenters. The Bertz CT molecular complexity index is 697. The van der Waals surface area contributed by atoms with Crippen LogP contribution in [0.25, 0.3) is 21.3 Å². The van der Waals surface area contributed by atoms with Crippen LogP contribution in [0.4, 0.5) is 0 Å². The Balaban J connectivity index is 2.09. The van der Waals surface area contributed by atoms with E-state index in [1.165, 1.54) is 34.2 Å². The molecule has 104 valence electrons. The summed E-state index contributed by atoms with van der Waals surface area (Å²) in [6.45, 7) is 3.27. The maximum atomic E-state index is 5.54. The van der Waals surface area contributed by atoms with Gasteiger partial charge in [-0.2, -0.15) is 0 Å². The van der Waals surface area contributed by atoms with E-state index in [1.54, 1.807) is 18.4 Å². The second-order valence-corrected chi connectivity index (χ2v) is 5.90. The first-order valence-electron chi connectivity index (χ1n) is 7.04. The molecule has 3 rings (SSSR count). The van der Waals surface area contributed by atoms with E-state index in [1.807, 2.05) is 0 Å². The maximum Gasteiger partial charge on any atom is 0.144 e. The molecule has 2 nitrogen and oxygen atoms in total. The Kier molecular flexibility index (Phi) is 3.79. The number of rotatable bonds is 5. The van der Waals surface area contributed by atoms with Crippen molar-refractivity contribution in [2.45, 2.75) is 26.3 Å². The average molecular weight is 285 g/mol. The lowest BCUT2D eigenvalue weighted by molar-refractivity contribution is 0.417. The molecule has 0 saturated heterocycles. The number of hydrogen-bond donors (Lipinski definition) is 0. The van der Waals surface area contributed by atoms with E-state index in [2.05, 4.69) is 53.4 Å². The number of ether oxygens (including phenoxy) is 1. The van der Waals surface area contributed by atoms with Crippen molar-refractivity contribution in [1.82, 2.24) is 4.57 Å². The Labute approximate surface area is 123 Å². The topological polar surface area (TPSA) is 14.2 Å². The van der Waals surface area contributed by atoms with Crippen LogP contribution in [-0.4, -0.2) is 11.7 Å². The Hall–Kier alpha value is -1.74. The lowest BCUT2D eigenvalue weighted by atomic mass is 10.1. The van der Waals surface area contributed by atoms with Crippen molar-refractivity contribution < 1.29 is 4.74 Å². The van der Waals surface area contributed by atoms with Crippen molar-refractivity contribution in [2.24, 2.45) is 0 Å². The van der Waals surface area contributed by atoms with Gasteiger partial charge in [-0.1, -0.05) is 25.5 Å². The quantitative estimate of drug-likeness (QED) is 0.630. The van der Waals surface area contributed by atoms with E-state index < -0.39 is 0 Å². The molecule has 0 spiro atoms. The van der Waals surface area contributed by atoms with Crippen molar-refractivity contribution in [2.75, 3.05) is 7.11 Å².